The van der Waals surface area contributed by atoms with Crippen LogP contribution in [0.15, 0.2) is 36.9 Å². The van der Waals surface area contributed by atoms with Crippen LogP contribution in [0.25, 0.3) is 16.8 Å². The Balaban J connectivity index is 1.09. The number of aromatic hydroxyl groups is 1. The summed E-state index contributed by atoms with van der Waals surface area (Å²) in [6, 6.07) is 10.3. The summed E-state index contributed by atoms with van der Waals surface area (Å²) in [6.45, 7) is 11.6. The SMILES string of the molecule is C=Cc1cccc2cc(O)cc(C(=O)N3Cc4nc(OCC5(CN6CCOCC6)CC5)nc(N5CC6CCC(C5)N6)c4C3)c12. The summed E-state index contributed by atoms with van der Waals surface area (Å²) < 4.78 is 12.0. The molecule has 2 N–H and O–H groups in total. The van der Waals surface area contributed by atoms with Crippen LogP contribution in [0, 0.1) is 5.41 Å². The van der Waals surface area contributed by atoms with Gasteiger partial charge in [-0.1, -0.05) is 30.9 Å². The van der Waals surface area contributed by atoms with Gasteiger partial charge in [-0.2, -0.15) is 9.97 Å². The molecule has 1 saturated carbocycles. The zero-order chi connectivity index (χ0) is 29.8. The van der Waals surface area contributed by atoms with E-state index in [1.54, 1.807) is 18.2 Å². The first kappa shape index (κ1) is 27.8. The summed E-state index contributed by atoms with van der Waals surface area (Å²) in [6.07, 6.45) is 6.39. The van der Waals surface area contributed by atoms with Crippen LogP contribution < -0.4 is 15.0 Å². The van der Waals surface area contributed by atoms with Crippen molar-refractivity contribution >= 4 is 28.6 Å². The number of phenolic OH excluding ortho intramolecular Hbond substituents is 1. The Morgan fingerprint density at radius 3 is 2.68 bits per heavy atom. The minimum atomic E-state index is -0.144. The molecule has 1 amide bonds. The van der Waals surface area contributed by atoms with Crippen LogP contribution in [-0.2, 0) is 17.8 Å². The van der Waals surface area contributed by atoms with Crippen LogP contribution in [-0.4, -0.2) is 95.4 Å². The zero-order valence-corrected chi connectivity index (χ0v) is 25.1. The van der Waals surface area contributed by atoms with Gasteiger partial charge < -0.3 is 29.7 Å². The molecule has 2 unspecified atom stereocenters. The van der Waals surface area contributed by atoms with Crippen molar-refractivity contribution in [1.29, 1.82) is 0 Å². The van der Waals surface area contributed by atoms with Gasteiger partial charge in [-0.25, -0.2) is 0 Å². The maximum absolute atomic E-state index is 14.2. The second kappa shape index (κ2) is 11.0. The van der Waals surface area contributed by atoms with Gasteiger partial charge in [0.25, 0.3) is 5.91 Å². The third kappa shape index (κ3) is 5.18. The first-order valence-corrected chi connectivity index (χ1v) is 16.0. The maximum atomic E-state index is 14.2. The average molecular weight is 597 g/mol. The Morgan fingerprint density at radius 2 is 1.93 bits per heavy atom. The molecule has 0 radical (unpaired) electrons. The van der Waals surface area contributed by atoms with Crippen LogP contribution in [0.1, 0.15) is 52.9 Å². The molecule has 4 aliphatic heterocycles. The molecule has 10 nitrogen and oxygen atoms in total. The second-order valence-electron chi connectivity index (χ2n) is 13.3. The Hall–Kier alpha value is -3.73. The molecule has 8 rings (SSSR count). The molecule has 1 aliphatic carbocycles. The van der Waals surface area contributed by atoms with Crippen LogP contribution in [0.4, 0.5) is 5.82 Å². The first-order chi connectivity index (χ1) is 21.5. The molecule has 5 aliphatic rings. The number of ether oxygens (including phenoxy) is 2. The number of hydrogen-bond donors (Lipinski definition) is 2. The highest BCUT2D eigenvalue weighted by Crippen LogP contribution is 2.47. The predicted octanol–water partition coefficient (Wildman–Crippen LogP) is 3.57. The van der Waals surface area contributed by atoms with Gasteiger partial charge in [0.2, 0.25) is 0 Å². The number of piperazine rings is 1. The molecule has 2 aromatic carbocycles. The number of nitrogens with zero attached hydrogens (tertiary/aromatic N) is 5. The fourth-order valence-corrected chi connectivity index (χ4v) is 7.58. The van der Waals surface area contributed by atoms with Crippen molar-refractivity contribution in [1.82, 2.24) is 25.1 Å². The summed E-state index contributed by atoms with van der Waals surface area (Å²) in [5.74, 6) is 0.816. The Kier molecular flexibility index (Phi) is 6.96. The van der Waals surface area contributed by atoms with Gasteiger partial charge in [0, 0.05) is 61.2 Å². The predicted molar refractivity (Wildman–Crippen MR) is 168 cm³/mol. The largest absolute Gasteiger partial charge is 0.508 e. The molecule has 3 saturated heterocycles. The molecule has 4 fully saturated rings. The number of fused-ring (bicyclic) bond motifs is 4. The minimum absolute atomic E-state index is 0.0670. The van der Waals surface area contributed by atoms with Crippen molar-refractivity contribution in [2.45, 2.75) is 50.9 Å². The molecule has 44 heavy (non-hydrogen) atoms. The van der Waals surface area contributed by atoms with Crippen molar-refractivity contribution in [2.24, 2.45) is 5.41 Å². The number of rotatable bonds is 8. The van der Waals surface area contributed by atoms with E-state index in [2.05, 4.69) is 21.7 Å². The van der Waals surface area contributed by atoms with Gasteiger partial charge in [0.1, 0.15) is 11.6 Å². The van der Waals surface area contributed by atoms with Crippen molar-refractivity contribution in [2.75, 3.05) is 57.4 Å². The Bertz CT molecular complexity index is 1610. The highest BCUT2D eigenvalue weighted by molar-refractivity contribution is 6.10. The lowest BCUT2D eigenvalue weighted by molar-refractivity contribution is 0.0231. The maximum Gasteiger partial charge on any atom is 0.318 e. The van der Waals surface area contributed by atoms with Crippen LogP contribution in [0.2, 0.25) is 0 Å². The van der Waals surface area contributed by atoms with Crippen LogP contribution in [0.3, 0.4) is 0 Å². The Morgan fingerprint density at radius 1 is 1.14 bits per heavy atom. The van der Waals surface area contributed by atoms with E-state index in [0.29, 0.717) is 43.4 Å². The van der Waals surface area contributed by atoms with E-state index in [1.165, 1.54) is 12.8 Å². The van der Waals surface area contributed by atoms with Gasteiger partial charge in [-0.05, 0) is 48.8 Å². The molecule has 1 aromatic heterocycles. The Labute approximate surface area is 257 Å². The third-order valence-electron chi connectivity index (χ3n) is 10.1. The lowest BCUT2D eigenvalue weighted by atomic mass is 9.98. The number of anilines is 1. The van der Waals surface area contributed by atoms with E-state index < -0.39 is 0 Å². The topological polar surface area (TPSA) is 103 Å². The summed E-state index contributed by atoms with van der Waals surface area (Å²) >= 11 is 0. The van der Waals surface area contributed by atoms with Gasteiger partial charge in [-0.15, -0.1) is 0 Å². The number of amides is 1. The summed E-state index contributed by atoms with van der Waals surface area (Å²) in [5.41, 5.74) is 3.31. The van der Waals surface area contributed by atoms with Crippen LogP contribution in [0.5, 0.6) is 11.8 Å². The van der Waals surface area contributed by atoms with Crippen molar-refractivity contribution in [3.8, 4) is 11.8 Å². The van der Waals surface area contributed by atoms with E-state index in [1.807, 2.05) is 23.1 Å². The average Bonchev–Trinajstić information content (AvgIpc) is 3.52. The smallest absolute Gasteiger partial charge is 0.318 e. The molecule has 10 heteroatoms. The number of hydrogen-bond acceptors (Lipinski definition) is 9. The quantitative estimate of drug-likeness (QED) is 0.404. The van der Waals surface area contributed by atoms with E-state index in [-0.39, 0.29) is 17.1 Å². The van der Waals surface area contributed by atoms with Gasteiger partial charge >= 0.3 is 6.01 Å². The highest BCUT2D eigenvalue weighted by Gasteiger charge is 2.45. The number of morpholine rings is 1. The van der Waals surface area contributed by atoms with E-state index in [4.69, 9.17) is 19.4 Å². The number of phenols is 1. The molecule has 2 bridgehead atoms. The molecule has 0 spiro atoms. The number of carbonyl (C=O) groups is 1. The highest BCUT2D eigenvalue weighted by atomic mass is 16.5. The summed E-state index contributed by atoms with van der Waals surface area (Å²) in [7, 11) is 0. The van der Waals surface area contributed by atoms with Gasteiger partial charge in [0.05, 0.1) is 44.2 Å². The van der Waals surface area contributed by atoms with E-state index in [0.717, 1.165) is 92.2 Å². The standard InChI is InChI=1S/C34H40N6O4/c1-2-22-4-3-5-23-14-26(41)15-27(30(22)23)32(42)40-18-28-29(19-40)36-33(37-31(28)39-16-24-6-7-25(17-39)35-24)44-21-34(8-9-34)20-38-10-12-43-13-11-38/h2-5,14-15,24-25,35,41H,1,6-13,16-21H2. The monoisotopic (exact) mass is 596 g/mol. The fourth-order valence-electron chi connectivity index (χ4n) is 7.58. The molecule has 3 aromatic rings. The molecule has 230 valence electrons. The van der Waals surface area contributed by atoms with E-state index >= 15 is 0 Å². The summed E-state index contributed by atoms with van der Waals surface area (Å²) in [5, 5.41) is 15.8. The van der Waals surface area contributed by atoms with Gasteiger partial charge in [-0.3, -0.25) is 9.69 Å². The summed E-state index contributed by atoms with van der Waals surface area (Å²) in [4.78, 5) is 30.8. The van der Waals surface area contributed by atoms with Crippen molar-refractivity contribution < 1.29 is 19.4 Å². The third-order valence-corrected chi connectivity index (χ3v) is 10.1. The minimum Gasteiger partial charge on any atom is -0.508 e. The molecular formula is C34H40N6O4. The van der Waals surface area contributed by atoms with Crippen molar-refractivity contribution in [3.05, 3.63) is 59.3 Å². The normalized spacial score (nSPS) is 24.0. The number of nitrogens with one attached hydrogen (secondary N) is 1. The lowest BCUT2D eigenvalue weighted by Crippen LogP contribution is -2.51. The number of carbonyl (C=O) groups excluding carboxylic acids is 1. The number of aromatic nitrogens is 2. The molecular weight excluding hydrogens is 556 g/mol. The number of benzene rings is 2. The fraction of sp³-hybridized carbons (Fsp3) is 0.500. The van der Waals surface area contributed by atoms with Gasteiger partial charge in [0.15, 0.2) is 0 Å². The second-order valence-corrected chi connectivity index (χ2v) is 13.3. The zero-order valence-electron chi connectivity index (χ0n) is 25.1. The van der Waals surface area contributed by atoms with Crippen LogP contribution >= 0.6 is 0 Å². The lowest BCUT2D eigenvalue weighted by Gasteiger charge is -2.34. The molecule has 5 heterocycles. The first-order valence-electron chi connectivity index (χ1n) is 16.0. The van der Waals surface area contributed by atoms with E-state index in [9.17, 15) is 9.90 Å². The molecule has 2 atom stereocenters. The van der Waals surface area contributed by atoms with Crippen molar-refractivity contribution in [3.63, 3.8) is 0 Å².